The molecular weight excluding hydrogens is 348 g/mol. The summed E-state index contributed by atoms with van der Waals surface area (Å²) in [6.07, 6.45) is 3.06. The van der Waals surface area contributed by atoms with Crippen LogP contribution in [0.1, 0.15) is 41.3 Å². The number of amides is 1. The first-order chi connectivity index (χ1) is 12.4. The van der Waals surface area contributed by atoms with E-state index in [0.717, 1.165) is 5.56 Å². The Balaban J connectivity index is 1.95. The molecule has 2 aromatic rings. The maximum absolute atomic E-state index is 12.0. The molecule has 0 aliphatic rings. The summed E-state index contributed by atoms with van der Waals surface area (Å²) in [5.74, 6) is -1.02. The van der Waals surface area contributed by atoms with E-state index in [1.807, 2.05) is 24.3 Å². The molecular formula is C20H20N2O3S. The highest BCUT2D eigenvalue weighted by atomic mass is 32.1. The van der Waals surface area contributed by atoms with Crippen molar-refractivity contribution in [3.63, 3.8) is 0 Å². The molecule has 5 nitrogen and oxygen atoms in total. The molecule has 1 amide bonds. The monoisotopic (exact) mass is 368 g/mol. The van der Waals surface area contributed by atoms with Crippen molar-refractivity contribution in [3.8, 4) is 0 Å². The van der Waals surface area contributed by atoms with Gasteiger partial charge in [0.2, 0.25) is 5.91 Å². The summed E-state index contributed by atoms with van der Waals surface area (Å²) < 4.78 is 0. The molecule has 2 aromatic carbocycles. The number of carboxylic acid groups (broad SMARTS) is 1. The lowest BCUT2D eigenvalue weighted by molar-refractivity contribution is -0.115. The zero-order valence-electron chi connectivity index (χ0n) is 14.5. The van der Waals surface area contributed by atoms with Crippen LogP contribution in [0.25, 0.3) is 6.08 Å². The van der Waals surface area contributed by atoms with E-state index in [9.17, 15) is 9.59 Å². The van der Waals surface area contributed by atoms with Crippen molar-refractivity contribution in [2.24, 2.45) is 0 Å². The van der Waals surface area contributed by atoms with Crippen LogP contribution >= 0.6 is 12.2 Å². The molecule has 0 aliphatic heterocycles. The van der Waals surface area contributed by atoms with Gasteiger partial charge in [-0.05, 0) is 47.5 Å². The Morgan fingerprint density at radius 1 is 1.08 bits per heavy atom. The minimum absolute atomic E-state index is 0.0310. The Labute approximate surface area is 157 Å². The predicted octanol–water partition coefficient (Wildman–Crippen LogP) is 4.03. The maximum Gasteiger partial charge on any atom is 0.337 e. The second-order valence-electron chi connectivity index (χ2n) is 5.95. The minimum atomic E-state index is -1.08. The van der Waals surface area contributed by atoms with Crippen LogP contribution in [0.5, 0.6) is 0 Å². The molecule has 0 heterocycles. The average Bonchev–Trinajstić information content (AvgIpc) is 2.60. The highest BCUT2D eigenvalue weighted by Crippen LogP contribution is 2.16. The number of nitrogens with one attached hydrogen (secondary N) is 2. The number of rotatable bonds is 5. The lowest BCUT2D eigenvalue weighted by Gasteiger charge is -2.10. The number of hydrogen-bond donors (Lipinski definition) is 3. The quantitative estimate of drug-likeness (QED) is 0.548. The first-order valence-electron chi connectivity index (χ1n) is 8.09. The number of carbonyl (C=O) groups is 2. The molecule has 0 bridgehead atoms. The number of benzene rings is 2. The smallest absolute Gasteiger partial charge is 0.337 e. The van der Waals surface area contributed by atoms with Crippen molar-refractivity contribution in [2.45, 2.75) is 19.8 Å². The largest absolute Gasteiger partial charge is 0.478 e. The third kappa shape index (κ3) is 5.53. The number of para-hydroxylation sites is 1. The zero-order valence-corrected chi connectivity index (χ0v) is 15.3. The van der Waals surface area contributed by atoms with Gasteiger partial charge in [0.1, 0.15) is 0 Å². The summed E-state index contributed by atoms with van der Waals surface area (Å²) in [4.78, 5) is 23.1. The molecule has 0 saturated heterocycles. The summed E-state index contributed by atoms with van der Waals surface area (Å²) in [7, 11) is 0. The molecule has 0 fully saturated rings. The molecule has 134 valence electrons. The zero-order chi connectivity index (χ0) is 19.1. The van der Waals surface area contributed by atoms with Crippen molar-refractivity contribution >= 4 is 41.0 Å². The van der Waals surface area contributed by atoms with Gasteiger partial charge in [-0.2, -0.15) is 0 Å². The van der Waals surface area contributed by atoms with Crippen LogP contribution in [0.4, 0.5) is 5.69 Å². The number of thiocarbonyl (C=S) groups is 1. The van der Waals surface area contributed by atoms with Gasteiger partial charge in [0.25, 0.3) is 0 Å². The van der Waals surface area contributed by atoms with Crippen LogP contribution in [0.2, 0.25) is 0 Å². The van der Waals surface area contributed by atoms with Gasteiger partial charge >= 0.3 is 5.97 Å². The number of carboxylic acids is 1. The van der Waals surface area contributed by atoms with Crippen LogP contribution in [-0.4, -0.2) is 22.1 Å². The van der Waals surface area contributed by atoms with Crippen LogP contribution < -0.4 is 10.6 Å². The summed E-state index contributed by atoms with van der Waals surface area (Å²) in [6.45, 7) is 4.24. The lowest BCUT2D eigenvalue weighted by Crippen LogP contribution is -2.33. The molecule has 3 N–H and O–H groups in total. The molecule has 0 aliphatic carbocycles. The van der Waals surface area contributed by atoms with E-state index in [0.29, 0.717) is 11.6 Å². The summed E-state index contributed by atoms with van der Waals surface area (Å²) >= 11 is 5.07. The van der Waals surface area contributed by atoms with E-state index in [-0.39, 0.29) is 10.7 Å². The second kappa shape index (κ2) is 8.92. The molecule has 0 atom stereocenters. The lowest BCUT2D eigenvalue weighted by atomic mass is 10.0. The van der Waals surface area contributed by atoms with E-state index in [4.69, 9.17) is 17.3 Å². The molecule has 2 rings (SSSR count). The first kappa shape index (κ1) is 19.3. The van der Waals surface area contributed by atoms with Gasteiger partial charge in [0, 0.05) is 6.08 Å². The highest BCUT2D eigenvalue weighted by molar-refractivity contribution is 7.80. The van der Waals surface area contributed by atoms with E-state index in [2.05, 4.69) is 24.5 Å². The third-order valence-corrected chi connectivity index (χ3v) is 3.88. The number of aromatic carboxylic acids is 1. The molecule has 0 saturated carbocycles. The predicted molar refractivity (Wildman–Crippen MR) is 107 cm³/mol. The standard InChI is InChI=1S/C20H20N2O3S/c1-13(2)15-10-7-14(8-11-15)9-12-18(23)22-20(26)21-17-6-4-3-5-16(17)19(24)25/h3-13H,1-2H3,(H,24,25)(H2,21,22,23,26)/b12-9+. The van der Waals surface area contributed by atoms with Gasteiger partial charge < -0.3 is 10.4 Å². The maximum atomic E-state index is 12.0. The Hall–Kier alpha value is -2.99. The fourth-order valence-electron chi connectivity index (χ4n) is 2.25. The Bertz CT molecular complexity index is 842. The summed E-state index contributed by atoms with van der Waals surface area (Å²) in [5, 5.41) is 14.4. The van der Waals surface area contributed by atoms with Crippen molar-refractivity contribution in [1.29, 1.82) is 0 Å². The van der Waals surface area contributed by atoms with Gasteiger partial charge in [0.05, 0.1) is 11.3 Å². The van der Waals surface area contributed by atoms with Crippen LogP contribution in [0.15, 0.2) is 54.6 Å². The number of carbonyl (C=O) groups excluding carboxylic acids is 1. The molecule has 0 unspecified atom stereocenters. The Kier molecular flexibility index (Phi) is 6.63. The number of anilines is 1. The summed E-state index contributed by atoms with van der Waals surface area (Å²) in [6, 6.07) is 14.3. The normalized spacial score (nSPS) is 10.7. The number of hydrogen-bond acceptors (Lipinski definition) is 3. The molecule has 0 spiro atoms. The highest BCUT2D eigenvalue weighted by Gasteiger charge is 2.10. The minimum Gasteiger partial charge on any atom is -0.478 e. The third-order valence-electron chi connectivity index (χ3n) is 3.67. The van der Waals surface area contributed by atoms with Gasteiger partial charge in [-0.1, -0.05) is 50.2 Å². The molecule has 0 radical (unpaired) electrons. The van der Waals surface area contributed by atoms with Gasteiger partial charge in [-0.25, -0.2) is 4.79 Å². The van der Waals surface area contributed by atoms with Crippen molar-refractivity contribution < 1.29 is 14.7 Å². The van der Waals surface area contributed by atoms with Gasteiger partial charge in [-0.3, -0.25) is 10.1 Å². The molecule has 6 heteroatoms. The Morgan fingerprint density at radius 2 is 1.73 bits per heavy atom. The fraction of sp³-hybridized carbons (Fsp3) is 0.150. The van der Waals surface area contributed by atoms with Gasteiger partial charge in [-0.15, -0.1) is 0 Å². The van der Waals surface area contributed by atoms with Crippen molar-refractivity contribution in [2.75, 3.05) is 5.32 Å². The van der Waals surface area contributed by atoms with E-state index in [1.54, 1.807) is 24.3 Å². The average molecular weight is 368 g/mol. The Morgan fingerprint density at radius 3 is 2.35 bits per heavy atom. The topological polar surface area (TPSA) is 78.4 Å². The van der Waals surface area contributed by atoms with Crippen molar-refractivity contribution in [3.05, 3.63) is 71.3 Å². The second-order valence-corrected chi connectivity index (χ2v) is 6.36. The van der Waals surface area contributed by atoms with Gasteiger partial charge in [0.15, 0.2) is 5.11 Å². The van der Waals surface area contributed by atoms with Crippen molar-refractivity contribution in [1.82, 2.24) is 5.32 Å². The van der Waals surface area contributed by atoms with Crippen LogP contribution in [0, 0.1) is 0 Å². The SMILES string of the molecule is CC(C)c1ccc(/C=C/C(=O)NC(=S)Nc2ccccc2C(=O)O)cc1. The van der Waals surface area contributed by atoms with E-state index < -0.39 is 11.9 Å². The summed E-state index contributed by atoms with van der Waals surface area (Å²) in [5.41, 5.74) is 2.53. The van der Waals surface area contributed by atoms with Crippen LogP contribution in [-0.2, 0) is 4.79 Å². The first-order valence-corrected chi connectivity index (χ1v) is 8.50. The molecule has 26 heavy (non-hydrogen) atoms. The fourth-order valence-corrected chi connectivity index (χ4v) is 2.46. The van der Waals surface area contributed by atoms with E-state index >= 15 is 0 Å². The molecule has 0 aromatic heterocycles. The van der Waals surface area contributed by atoms with Crippen LogP contribution in [0.3, 0.4) is 0 Å². The van der Waals surface area contributed by atoms with E-state index in [1.165, 1.54) is 17.7 Å².